The molecule has 2 spiro atoms. The zero-order valence-corrected chi connectivity index (χ0v) is 24.9. The predicted octanol–water partition coefficient (Wildman–Crippen LogP) is 9.71. The topological polar surface area (TPSA) is 9.23 Å². The molecule has 5 aliphatic carbocycles. The molecule has 10 unspecified atom stereocenters. The summed E-state index contributed by atoms with van der Waals surface area (Å²) in [6.45, 7) is 24.9. The van der Waals surface area contributed by atoms with Crippen molar-refractivity contribution in [3.63, 3.8) is 0 Å². The largest absolute Gasteiger partial charge is 0.381 e. The van der Waals surface area contributed by atoms with Crippen molar-refractivity contribution >= 4 is 0 Å². The number of hydrogen-bond acceptors (Lipinski definition) is 1. The predicted molar refractivity (Wildman–Crippen MR) is 149 cm³/mol. The Hall–Kier alpha value is -0.300. The summed E-state index contributed by atoms with van der Waals surface area (Å²) >= 11 is 0. The third kappa shape index (κ3) is 3.27. The van der Waals surface area contributed by atoms with E-state index >= 15 is 0 Å². The molecular weight excluding hydrogens is 424 g/mol. The summed E-state index contributed by atoms with van der Waals surface area (Å²) in [5.74, 6) is 4.87. The maximum absolute atomic E-state index is 6.06. The number of fused-ring (bicyclic) bond motifs is 2. The molecule has 1 heteroatoms. The van der Waals surface area contributed by atoms with Gasteiger partial charge in [-0.25, -0.2) is 0 Å². The smallest absolute Gasteiger partial charge is 0.0625 e. The summed E-state index contributed by atoms with van der Waals surface area (Å²) in [5, 5.41) is 0. The summed E-state index contributed by atoms with van der Waals surface area (Å²) in [7, 11) is 1.96. The standard InChI is InChI=1S/C34H58O/c1-11-25(24(5)22(2)3)20-23(4)26-14-16-32(9)28-13-12-27-30(6,7)29(35-10)15-17-33(27)21-34(28,33)19-18-31(26,32)8/h22-23,25-29H,5,11-21H2,1-4,6-10H3. The van der Waals surface area contributed by atoms with Gasteiger partial charge >= 0.3 is 0 Å². The molecular formula is C34H58O. The lowest BCUT2D eigenvalue weighted by Crippen LogP contribution is -2.57. The summed E-state index contributed by atoms with van der Waals surface area (Å²) in [4.78, 5) is 0. The van der Waals surface area contributed by atoms with Crippen molar-refractivity contribution in [2.24, 2.45) is 62.6 Å². The van der Waals surface area contributed by atoms with Gasteiger partial charge in [0.25, 0.3) is 0 Å². The highest BCUT2D eigenvalue weighted by atomic mass is 16.5. The van der Waals surface area contributed by atoms with E-state index in [4.69, 9.17) is 4.74 Å². The Balaban J connectivity index is 1.39. The Kier molecular flexibility index (Phi) is 6.28. The zero-order valence-electron chi connectivity index (χ0n) is 24.9. The van der Waals surface area contributed by atoms with Gasteiger partial charge in [-0.15, -0.1) is 0 Å². The minimum atomic E-state index is 0.337. The minimum absolute atomic E-state index is 0.337. The average molecular weight is 483 g/mol. The normalized spacial score (nSPS) is 49.4. The van der Waals surface area contributed by atoms with Gasteiger partial charge in [0.05, 0.1) is 6.10 Å². The van der Waals surface area contributed by atoms with Gasteiger partial charge in [0.2, 0.25) is 0 Å². The van der Waals surface area contributed by atoms with Gasteiger partial charge in [-0.1, -0.05) is 67.5 Å². The van der Waals surface area contributed by atoms with Crippen molar-refractivity contribution in [2.45, 2.75) is 132 Å². The van der Waals surface area contributed by atoms with E-state index in [0.717, 1.165) is 23.7 Å². The molecule has 0 aromatic rings. The quantitative estimate of drug-likeness (QED) is 0.328. The summed E-state index contributed by atoms with van der Waals surface area (Å²) in [6, 6.07) is 0. The Bertz CT molecular complexity index is 840. The molecule has 1 nitrogen and oxygen atoms in total. The van der Waals surface area contributed by atoms with Crippen LogP contribution < -0.4 is 0 Å². The number of allylic oxidation sites excluding steroid dienone is 1. The van der Waals surface area contributed by atoms with E-state index in [0.29, 0.717) is 45.0 Å². The van der Waals surface area contributed by atoms with Crippen LogP contribution >= 0.6 is 0 Å². The van der Waals surface area contributed by atoms with Gasteiger partial charge in [0.1, 0.15) is 0 Å². The van der Waals surface area contributed by atoms with Crippen molar-refractivity contribution in [1.82, 2.24) is 0 Å². The molecule has 0 aliphatic heterocycles. The molecule has 35 heavy (non-hydrogen) atoms. The van der Waals surface area contributed by atoms with Crippen molar-refractivity contribution in [3.05, 3.63) is 12.2 Å². The molecule has 0 bridgehead atoms. The summed E-state index contributed by atoms with van der Waals surface area (Å²) < 4.78 is 6.06. The Morgan fingerprint density at radius 3 is 2.14 bits per heavy atom. The molecule has 0 heterocycles. The van der Waals surface area contributed by atoms with Crippen molar-refractivity contribution in [1.29, 1.82) is 0 Å². The average Bonchev–Trinajstić information content (AvgIpc) is 3.38. The highest BCUT2D eigenvalue weighted by Crippen LogP contribution is 2.89. The highest BCUT2D eigenvalue weighted by Gasteiger charge is 2.82. The second-order valence-corrected chi connectivity index (χ2v) is 15.8. The van der Waals surface area contributed by atoms with E-state index in [1.807, 2.05) is 7.11 Å². The fourth-order valence-electron chi connectivity index (χ4n) is 12.4. The Labute approximate surface area is 218 Å². The number of hydrogen-bond donors (Lipinski definition) is 0. The number of ether oxygens (including phenoxy) is 1. The first kappa shape index (κ1) is 26.3. The van der Waals surface area contributed by atoms with Crippen LogP contribution in [0.15, 0.2) is 12.2 Å². The van der Waals surface area contributed by atoms with Crippen LogP contribution in [-0.2, 0) is 4.74 Å². The molecule has 0 saturated heterocycles. The third-order valence-electron chi connectivity index (χ3n) is 14.5. The van der Waals surface area contributed by atoms with Crippen LogP contribution in [0.2, 0.25) is 0 Å². The van der Waals surface area contributed by atoms with Crippen LogP contribution in [0.3, 0.4) is 0 Å². The maximum atomic E-state index is 6.06. The minimum Gasteiger partial charge on any atom is -0.381 e. The van der Waals surface area contributed by atoms with Gasteiger partial charge in [-0.2, -0.15) is 0 Å². The van der Waals surface area contributed by atoms with Gasteiger partial charge in [-0.05, 0) is 133 Å². The van der Waals surface area contributed by atoms with E-state index < -0.39 is 0 Å². The van der Waals surface area contributed by atoms with Gasteiger partial charge < -0.3 is 4.74 Å². The Morgan fingerprint density at radius 1 is 0.857 bits per heavy atom. The lowest BCUT2D eigenvalue weighted by molar-refractivity contribution is -0.166. The highest BCUT2D eigenvalue weighted by molar-refractivity contribution is 5.30. The Morgan fingerprint density at radius 2 is 1.51 bits per heavy atom. The first-order valence-corrected chi connectivity index (χ1v) is 15.6. The van der Waals surface area contributed by atoms with Gasteiger partial charge in [0.15, 0.2) is 0 Å². The van der Waals surface area contributed by atoms with Crippen LogP contribution in [0, 0.1) is 62.6 Å². The molecule has 5 saturated carbocycles. The molecule has 200 valence electrons. The van der Waals surface area contributed by atoms with Gasteiger partial charge in [0, 0.05) is 7.11 Å². The monoisotopic (exact) mass is 482 g/mol. The molecule has 5 rings (SSSR count). The molecule has 0 aromatic heterocycles. The third-order valence-corrected chi connectivity index (χ3v) is 14.5. The van der Waals surface area contributed by atoms with Crippen molar-refractivity contribution in [3.8, 4) is 0 Å². The molecule has 0 radical (unpaired) electrons. The van der Waals surface area contributed by atoms with E-state index in [1.54, 1.807) is 6.42 Å². The molecule has 0 amide bonds. The molecule has 5 fully saturated rings. The zero-order chi connectivity index (χ0) is 25.6. The lowest BCUT2D eigenvalue weighted by atomic mass is 9.41. The van der Waals surface area contributed by atoms with Crippen molar-refractivity contribution in [2.75, 3.05) is 7.11 Å². The maximum Gasteiger partial charge on any atom is 0.0625 e. The second-order valence-electron chi connectivity index (χ2n) is 15.8. The van der Waals surface area contributed by atoms with E-state index in [-0.39, 0.29) is 0 Å². The van der Waals surface area contributed by atoms with E-state index in [1.165, 1.54) is 69.8 Å². The SMILES string of the molecule is C=C(C(C)C)C(CC)CC(C)C1CCC2(C)C3CCC4C(C)(C)C(OC)CCC45CC35CCC12C. The number of methoxy groups -OCH3 is 1. The van der Waals surface area contributed by atoms with Crippen LogP contribution in [0.4, 0.5) is 0 Å². The van der Waals surface area contributed by atoms with E-state index in [9.17, 15) is 0 Å². The first-order valence-electron chi connectivity index (χ1n) is 15.6. The fourth-order valence-corrected chi connectivity index (χ4v) is 12.4. The van der Waals surface area contributed by atoms with Crippen LogP contribution in [0.25, 0.3) is 0 Å². The van der Waals surface area contributed by atoms with Crippen molar-refractivity contribution < 1.29 is 4.74 Å². The van der Waals surface area contributed by atoms with E-state index in [2.05, 4.69) is 62.0 Å². The second kappa shape index (κ2) is 8.35. The molecule has 0 aromatic carbocycles. The lowest BCUT2D eigenvalue weighted by Gasteiger charge is -2.63. The first-order chi connectivity index (χ1) is 16.3. The van der Waals surface area contributed by atoms with Crippen LogP contribution in [0.1, 0.15) is 126 Å². The summed E-state index contributed by atoms with van der Waals surface area (Å²) in [5.41, 5.74) is 4.21. The fraction of sp³-hybridized carbons (Fsp3) is 0.941. The number of rotatable bonds is 7. The molecule has 10 atom stereocenters. The van der Waals surface area contributed by atoms with Crippen LogP contribution in [0.5, 0.6) is 0 Å². The van der Waals surface area contributed by atoms with Crippen LogP contribution in [-0.4, -0.2) is 13.2 Å². The molecule has 0 N–H and O–H groups in total. The molecule has 5 aliphatic rings. The summed E-state index contributed by atoms with van der Waals surface area (Å²) in [6.07, 6.45) is 16.3. The van der Waals surface area contributed by atoms with Gasteiger partial charge in [-0.3, -0.25) is 0 Å².